The molecule has 0 saturated carbocycles. The van der Waals surface area contributed by atoms with Crippen LogP contribution in [0.3, 0.4) is 0 Å². The molecule has 0 aromatic heterocycles. The third-order valence-corrected chi connectivity index (χ3v) is 6.19. The van der Waals surface area contributed by atoms with Crippen molar-refractivity contribution >= 4 is 0 Å². The molecule has 0 radical (unpaired) electrons. The number of phenols is 1. The number of methoxy groups -OCH3 is 1. The Hall–Kier alpha value is -2.60. The van der Waals surface area contributed by atoms with Gasteiger partial charge < -0.3 is 24.1 Å². The van der Waals surface area contributed by atoms with Crippen LogP contribution in [0.2, 0.25) is 0 Å². The average molecular weight is 383 g/mol. The van der Waals surface area contributed by atoms with Gasteiger partial charge in [0.2, 0.25) is 6.79 Å². The Balaban J connectivity index is 1.65. The quantitative estimate of drug-likeness (QED) is 0.869. The van der Waals surface area contributed by atoms with E-state index in [0.717, 1.165) is 42.1 Å². The van der Waals surface area contributed by atoms with Crippen LogP contribution >= 0.6 is 0 Å². The second-order valence-electron chi connectivity index (χ2n) is 7.87. The van der Waals surface area contributed by atoms with Gasteiger partial charge in [0.25, 0.3) is 0 Å². The second kappa shape index (κ2) is 6.48. The number of para-hydroxylation sites is 1. The van der Waals surface area contributed by atoms with Crippen LogP contribution < -0.4 is 18.9 Å². The first-order chi connectivity index (χ1) is 13.6. The fourth-order valence-corrected chi connectivity index (χ4v) is 4.71. The Labute approximate surface area is 164 Å². The van der Waals surface area contributed by atoms with Crippen molar-refractivity contribution in [3.8, 4) is 28.7 Å². The van der Waals surface area contributed by atoms with Crippen LogP contribution in [0, 0.1) is 0 Å². The summed E-state index contributed by atoms with van der Waals surface area (Å²) in [7, 11) is 1.57. The lowest BCUT2D eigenvalue weighted by Crippen LogP contribution is -2.52. The van der Waals surface area contributed by atoms with Crippen molar-refractivity contribution in [3.05, 3.63) is 41.5 Å². The molecule has 6 nitrogen and oxygen atoms in total. The highest BCUT2D eigenvalue weighted by molar-refractivity contribution is 5.58. The van der Waals surface area contributed by atoms with Crippen LogP contribution in [0.25, 0.3) is 0 Å². The number of likely N-dealkylation sites (tertiary alicyclic amines) is 1. The van der Waals surface area contributed by atoms with Gasteiger partial charge in [-0.2, -0.15) is 0 Å². The van der Waals surface area contributed by atoms with E-state index in [1.807, 2.05) is 24.3 Å². The summed E-state index contributed by atoms with van der Waals surface area (Å²) in [5.41, 5.74) is 1.40. The molecule has 0 aliphatic carbocycles. The maximum absolute atomic E-state index is 10.9. The molecule has 0 amide bonds. The van der Waals surface area contributed by atoms with Crippen molar-refractivity contribution in [2.24, 2.45) is 0 Å². The van der Waals surface area contributed by atoms with E-state index in [2.05, 4.69) is 11.8 Å². The molecule has 0 bridgehead atoms. The summed E-state index contributed by atoms with van der Waals surface area (Å²) in [5.74, 6) is 2.84. The number of aromatic hydroxyl groups is 1. The molecule has 6 heteroatoms. The fourth-order valence-electron chi connectivity index (χ4n) is 4.71. The molecule has 3 heterocycles. The van der Waals surface area contributed by atoms with Crippen molar-refractivity contribution < 1.29 is 24.1 Å². The summed E-state index contributed by atoms with van der Waals surface area (Å²) in [6.07, 6.45) is 3.10. The highest BCUT2D eigenvalue weighted by Crippen LogP contribution is 2.52. The summed E-state index contributed by atoms with van der Waals surface area (Å²) in [6, 6.07) is 9.58. The predicted molar refractivity (Wildman–Crippen MR) is 104 cm³/mol. The van der Waals surface area contributed by atoms with E-state index in [4.69, 9.17) is 18.9 Å². The number of phenolic OH excluding ortho intramolecular Hbond substituents is 1. The van der Waals surface area contributed by atoms with Gasteiger partial charge in [0.1, 0.15) is 5.75 Å². The maximum atomic E-state index is 10.9. The van der Waals surface area contributed by atoms with E-state index in [-0.39, 0.29) is 18.5 Å². The summed E-state index contributed by atoms with van der Waals surface area (Å²) in [5, 5.41) is 10.9. The van der Waals surface area contributed by atoms with Gasteiger partial charge in [0.05, 0.1) is 7.11 Å². The number of benzene rings is 2. The molecule has 1 N–H and O–H groups in total. The van der Waals surface area contributed by atoms with E-state index in [9.17, 15) is 5.11 Å². The topological polar surface area (TPSA) is 60.4 Å². The minimum atomic E-state index is -0.447. The van der Waals surface area contributed by atoms with Crippen molar-refractivity contribution in [2.75, 3.05) is 27.0 Å². The summed E-state index contributed by atoms with van der Waals surface area (Å²) in [4.78, 5) is 2.41. The Morgan fingerprint density at radius 3 is 2.57 bits per heavy atom. The Bertz CT molecular complexity index is 908. The van der Waals surface area contributed by atoms with E-state index in [1.165, 1.54) is 12.8 Å². The first-order valence-corrected chi connectivity index (χ1v) is 9.82. The lowest BCUT2D eigenvalue weighted by atomic mass is 9.81. The molecule has 3 aliphatic rings. The third kappa shape index (κ3) is 2.66. The zero-order valence-electron chi connectivity index (χ0n) is 16.2. The minimum absolute atomic E-state index is 0.0426. The highest BCUT2D eigenvalue weighted by Gasteiger charge is 2.44. The predicted octanol–water partition coefficient (Wildman–Crippen LogP) is 3.86. The molecule has 1 saturated heterocycles. The molecular weight excluding hydrogens is 358 g/mol. The monoisotopic (exact) mass is 383 g/mol. The fraction of sp³-hybridized carbons (Fsp3) is 0.455. The normalized spacial score (nSPS) is 26.0. The number of ether oxygens (including phenoxy) is 4. The van der Waals surface area contributed by atoms with Crippen LogP contribution in [0.15, 0.2) is 30.3 Å². The number of hydrogen-bond acceptors (Lipinski definition) is 6. The van der Waals surface area contributed by atoms with Gasteiger partial charge in [-0.05, 0) is 31.9 Å². The zero-order chi connectivity index (χ0) is 19.3. The number of rotatable bonds is 3. The lowest BCUT2D eigenvalue weighted by Gasteiger charge is -2.45. The van der Waals surface area contributed by atoms with Gasteiger partial charge in [-0.1, -0.05) is 12.1 Å². The van der Waals surface area contributed by atoms with E-state index in [1.54, 1.807) is 13.2 Å². The Morgan fingerprint density at radius 2 is 1.82 bits per heavy atom. The van der Waals surface area contributed by atoms with Gasteiger partial charge in [0.15, 0.2) is 28.7 Å². The van der Waals surface area contributed by atoms with E-state index in [0.29, 0.717) is 11.5 Å². The molecule has 3 aliphatic heterocycles. The highest BCUT2D eigenvalue weighted by atomic mass is 16.7. The molecule has 28 heavy (non-hydrogen) atoms. The largest absolute Gasteiger partial charge is 0.504 e. The SMILES string of the molecule is COc1cccc([C@H]2C[C@](C)(N3CCCC3)Oc3cc4c(cc32)OCO4)c1O. The first-order valence-electron chi connectivity index (χ1n) is 9.82. The molecule has 2 aromatic carbocycles. The van der Waals surface area contributed by atoms with Crippen LogP contribution in [0.1, 0.15) is 43.2 Å². The van der Waals surface area contributed by atoms with Crippen molar-refractivity contribution in [1.82, 2.24) is 4.90 Å². The summed E-state index contributed by atoms with van der Waals surface area (Å²) >= 11 is 0. The summed E-state index contributed by atoms with van der Waals surface area (Å²) in [6.45, 7) is 4.41. The standard InChI is InChI=1S/C22H25NO5/c1-22(23-8-3-4-9-23)12-16(14-6-5-7-17(25-2)21(14)24)15-10-19-20(27-13-26-19)11-18(15)28-22/h5-7,10-11,16,24H,3-4,8-9,12-13H2,1-2H3/t16-,22-/m1/s1. The molecular formula is C22H25NO5. The van der Waals surface area contributed by atoms with Gasteiger partial charge in [-0.15, -0.1) is 0 Å². The maximum Gasteiger partial charge on any atom is 0.231 e. The van der Waals surface area contributed by atoms with Crippen molar-refractivity contribution in [2.45, 2.75) is 37.8 Å². The minimum Gasteiger partial charge on any atom is -0.504 e. The molecule has 0 unspecified atom stereocenters. The molecule has 0 spiro atoms. The first kappa shape index (κ1) is 17.5. The molecule has 2 atom stereocenters. The zero-order valence-corrected chi connectivity index (χ0v) is 16.2. The molecule has 5 rings (SSSR count). The second-order valence-corrected chi connectivity index (χ2v) is 7.87. The molecule has 148 valence electrons. The van der Waals surface area contributed by atoms with Crippen molar-refractivity contribution in [3.63, 3.8) is 0 Å². The van der Waals surface area contributed by atoms with Crippen LogP contribution in [0.4, 0.5) is 0 Å². The Morgan fingerprint density at radius 1 is 1.07 bits per heavy atom. The number of fused-ring (bicyclic) bond motifs is 2. The molecule has 1 fully saturated rings. The lowest BCUT2D eigenvalue weighted by molar-refractivity contribution is -0.0769. The number of nitrogens with zero attached hydrogens (tertiary/aromatic N) is 1. The van der Waals surface area contributed by atoms with Crippen LogP contribution in [-0.4, -0.2) is 42.7 Å². The molecule has 2 aromatic rings. The Kier molecular flexibility index (Phi) is 4.05. The smallest absolute Gasteiger partial charge is 0.231 e. The number of hydrogen-bond donors (Lipinski definition) is 1. The van der Waals surface area contributed by atoms with Crippen molar-refractivity contribution in [1.29, 1.82) is 0 Å². The third-order valence-electron chi connectivity index (χ3n) is 6.19. The van der Waals surface area contributed by atoms with Gasteiger partial charge in [0, 0.05) is 42.6 Å². The summed E-state index contributed by atoms with van der Waals surface area (Å²) < 4.78 is 23.1. The van der Waals surface area contributed by atoms with Gasteiger partial charge >= 0.3 is 0 Å². The van der Waals surface area contributed by atoms with Gasteiger partial charge in [-0.3, -0.25) is 4.90 Å². The van der Waals surface area contributed by atoms with Crippen LogP contribution in [0.5, 0.6) is 28.7 Å². The average Bonchev–Trinajstić information content (AvgIpc) is 3.38. The van der Waals surface area contributed by atoms with Crippen LogP contribution in [-0.2, 0) is 0 Å². The van der Waals surface area contributed by atoms with E-state index >= 15 is 0 Å². The van der Waals surface area contributed by atoms with E-state index < -0.39 is 5.72 Å². The van der Waals surface area contributed by atoms with Gasteiger partial charge in [-0.25, -0.2) is 0 Å².